The second-order valence-electron chi connectivity index (χ2n) is 3.51. The predicted octanol–water partition coefficient (Wildman–Crippen LogP) is -0.327. The van der Waals surface area contributed by atoms with Gasteiger partial charge in [-0.15, -0.1) is 0 Å². The van der Waals surface area contributed by atoms with Crippen LogP contribution in [-0.2, 0) is 9.59 Å². The van der Waals surface area contributed by atoms with Crippen molar-refractivity contribution in [3.63, 3.8) is 0 Å². The topological polar surface area (TPSA) is 69.6 Å². The number of hydrogen-bond acceptors (Lipinski definition) is 3. The molecule has 0 aromatic carbocycles. The minimum atomic E-state index is -1.00. The Balaban J connectivity index is 2.15. The minimum Gasteiger partial charge on any atom is -0.480 e. The number of amides is 1. The molecule has 0 saturated carbocycles. The van der Waals surface area contributed by atoms with E-state index in [2.05, 4.69) is 10.2 Å². The van der Waals surface area contributed by atoms with Crippen LogP contribution in [0.25, 0.3) is 0 Å². The van der Waals surface area contributed by atoms with Crippen molar-refractivity contribution in [2.24, 2.45) is 0 Å². The molecule has 0 aromatic heterocycles. The molecule has 80 valence electrons. The van der Waals surface area contributed by atoms with E-state index in [4.69, 9.17) is 5.11 Å². The molecule has 1 heterocycles. The van der Waals surface area contributed by atoms with Crippen LogP contribution in [0.4, 0.5) is 0 Å². The van der Waals surface area contributed by atoms with Gasteiger partial charge in [-0.1, -0.05) is 6.42 Å². The van der Waals surface area contributed by atoms with E-state index in [1.165, 1.54) is 6.42 Å². The monoisotopic (exact) mass is 200 g/mol. The molecule has 1 aliphatic heterocycles. The average molecular weight is 200 g/mol. The first-order valence-electron chi connectivity index (χ1n) is 4.89. The number of carbonyl (C=O) groups excluding carboxylic acids is 1. The third-order valence-electron chi connectivity index (χ3n) is 2.25. The van der Waals surface area contributed by atoms with Crippen molar-refractivity contribution in [3.8, 4) is 0 Å². The molecule has 5 heteroatoms. The van der Waals surface area contributed by atoms with Crippen molar-refractivity contribution < 1.29 is 14.7 Å². The molecule has 1 saturated heterocycles. The zero-order valence-electron chi connectivity index (χ0n) is 8.16. The van der Waals surface area contributed by atoms with E-state index in [0.29, 0.717) is 6.54 Å². The molecule has 0 radical (unpaired) electrons. The first-order chi connectivity index (χ1) is 6.68. The highest BCUT2D eigenvalue weighted by Crippen LogP contribution is 2.07. The summed E-state index contributed by atoms with van der Waals surface area (Å²) in [7, 11) is 0. The van der Waals surface area contributed by atoms with Gasteiger partial charge in [0.05, 0.1) is 6.54 Å². The summed E-state index contributed by atoms with van der Waals surface area (Å²) >= 11 is 0. The Morgan fingerprint density at radius 1 is 1.21 bits per heavy atom. The Bertz CT molecular complexity index is 212. The zero-order chi connectivity index (χ0) is 10.4. The lowest BCUT2D eigenvalue weighted by atomic mass is 10.1. The molecule has 14 heavy (non-hydrogen) atoms. The minimum absolute atomic E-state index is 0.200. The fraction of sp³-hybridized carbons (Fsp3) is 0.778. The summed E-state index contributed by atoms with van der Waals surface area (Å²) in [5.41, 5.74) is 0. The Labute approximate surface area is 83.1 Å². The van der Waals surface area contributed by atoms with Gasteiger partial charge < -0.3 is 10.4 Å². The van der Waals surface area contributed by atoms with Crippen molar-refractivity contribution in [2.75, 3.05) is 26.2 Å². The number of hydrogen-bond donors (Lipinski definition) is 2. The molecule has 1 amide bonds. The lowest BCUT2D eigenvalue weighted by molar-refractivity contribution is -0.138. The number of nitrogens with zero attached hydrogens (tertiary/aromatic N) is 1. The van der Waals surface area contributed by atoms with E-state index in [9.17, 15) is 9.59 Å². The van der Waals surface area contributed by atoms with Crippen molar-refractivity contribution in [2.45, 2.75) is 19.3 Å². The van der Waals surface area contributed by atoms with Gasteiger partial charge >= 0.3 is 5.97 Å². The number of aliphatic carboxylic acids is 1. The summed E-state index contributed by atoms with van der Waals surface area (Å²) in [6.45, 7) is 1.93. The maximum Gasteiger partial charge on any atom is 0.322 e. The number of rotatable bonds is 4. The standard InChI is InChI=1S/C9H16N2O3/c12-8(10-6-9(13)14)7-11-4-2-1-3-5-11/h1-7H2,(H,10,12)(H,13,14). The number of nitrogens with one attached hydrogen (secondary N) is 1. The van der Waals surface area contributed by atoms with Gasteiger partial charge in [0.1, 0.15) is 6.54 Å². The highest BCUT2D eigenvalue weighted by Gasteiger charge is 2.13. The smallest absolute Gasteiger partial charge is 0.322 e. The fourth-order valence-electron chi connectivity index (χ4n) is 1.55. The number of carbonyl (C=O) groups is 2. The van der Waals surface area contributed by atoms with E-state index in [1.807, 2.05) is 0 Å². The van der Waals surface area contributed by atoms with Crippen LogP contribution >= 0.6 is 0 Å². The summed E-state index contributed by atoms with van der Waals surface area (Å²) < 4.78 is 0. The van der Waals surface area contributed by atoms with Gasteiger partial charge in [-0.3, -0.25) is 14.5 Å². The molecule has 0 aromatic rings. The van der Waals surface area contributed by atoms with Crippen LogP contribution in [0.2, 0.25) is 0 Å². The zero-order valence-corrected chi connectivity index (χ0v) is 8.16. The number of piperidine rings is 1. The largest absolute Gasteiger partial charge is 0.480 e. The quantitative estimate of drug-likeness (QED) is 0.652. The molecular formula is C9H16N2O3. The van der Waals surface area contributed by atoms with Crippen LogP contribution in [0.5, 0.6) is 0 Å². The van der Waals surface area contributed by atoms with E-state index in [-0.39, 0.29) is 12.5 Å². The molecule has 2 N–H and O–H groups in total. The van der Waals surface area contributed by atoms with Crippen molar-refractivity contribution in [3.05, 3.63) is 0 Å². The second kappa shape index (κ2) is 5.59. The van der Waals surface area contributed by atoms with Gasteiger partial charge in [-0.25, -0.2) is 0 Å². The highest BCUT2D eigenvalue weighted by molar-refractivity contribution is 5.82. The van der Waals surface area contributed by atoms with Crippen LogP contribution in [-0.4, -0.2) is 48.1 Å². The van der Waals surface area contributed by atoms with E-state index in [0.717, 1.165) is 25.9 Å². The summed E-state index contributed by atoms with van der Waals surface area (Å²) in [5.74, 6) is -1.20. The maximum absolute atomic E-state index is 11.2. The SMILES string of the molecule is O=C(O)CNC(=O)CN1CCCCC1. The van der Waals surface area contributed by atoms with Crippen molar-refractivity contribution in [1.82, 2.24) is 10.2 Å². The summed E-state index contributed by atoms with van der Waals surface area (Å²) in [5, 5.41) is 10.7. The first-order valence-corrected chi connectivity index (χ1v) is 4.89. The van der Waals surface area contributed by atoms with E-state index in [1.54, 1.807) is 0 Å². The van der Waals surface area contributed by atoms with Gasteiger partial charge in [0.2, 0.25) is 5.91 Å². The van der Waals surface area contributed by atoms with Gasteiger partial charge in [0, 0.05) is 0 Å². The highest BCUT2D eigenvalue weighted by atomic mass is 16.4. The molecule has 1 aliphatic rings. The Kier molecular flexibility index (Phi) is 4.39. The number of likely N-dealkylation sites (tertiary alicyclic amines) is 1. The molecule has 1 fully saturated rings. The molecule has 0 bridgehead atoms. The predicted molar refractivity (Wildman–Crippen MR) is 50.9 cm³/mol. The lowest BCUT2D eigenvalue weighted by Crippen LogP contribution is -2.41. The molecule has 0 atom stereocenters. The van der Waals surface area contributed by atoms with Crippen molar-refractivity contribution >= 4 is 11.9 Å². The van der Waals surface area contributed by atoms with Crippen LogP contribution < -0.4 is 5.32 Å². The van der Waals surface area contributed by atoms with E-state index >= 15 is 0 Å². The van der Waals surface area contributed by atoms with Gasteiger partial charge in [0.15, 0.2) is 0 Å². The first kappa shape index (κ1) is 11.0. The molecule has 5 nitrogen and oxygen atoms in total. The number of carboxylic acids is 1. The molecule has 0 aliphatic carbocycles. The van der Waals surface area contributed by atoms with Gasteiger partial charge in [0.25, 0.3) is 0 Å². The van der Waals surface area contributed by atoms with Gasteiger partial charge in [-0.05, 0) is 25.9 Å². The lowest BCUT2D eigenvalue weighted by Gasteiger charge is -2.25. The summed E-state index contributed by atoms with van der Waals surface area (Å²) in [6.07, 6.45) is 3.49. The normalized spacial score (nSPS) is 17.7. The molecule has 0 spiro atoms. The van der Waals surface area contributed by atoms with Crippen LogP contribution in [0.15, 0.2) is 0 Å². The van der Waals surface area contributed by atoms with Crippen molar-refractivity contribution in [1.29, 1.82) is 0 Å². The molecule has 0 unspecified atom stereocenters. The Morgan fingerprint density at radius 2 is 1.86 bits per heavy atom. The third-order valence-corrected chi connectivity index (χ3v) is 2.25. The Morgan fingerprint density at radius 3 is 2.43 bits per heavy atom. The van der Waals surface area contributed by atoms with Crippen LogP contribution in [0.1, 0.15) is 19.3 Å². The average Bonchev–Trinajstić information content (AvgIpc) is 2.16. The molecule has 1 rings (SSSR count). The van der Waals surface area contributed by atoms with Gasteiger partial charge in [-0.2, -0.15) is 0 Å². The van der Waals surface area contributed by atoms with Crippen LogP contribution in [0, 0.1) is 0 Å². The van der Waals surface area contributed by atoms with E-state index < -0.39 is 5.97 Å². The molecular weight excluding hydrogens is 184 g/mol. The fourth-order valence-corrected chi connectivity index (χ4v) is 1.55. The summed E-state index contributed by atoms with van der Waals surface area (Å²) in [4.78, 5) is 23.4. The Hall–Kier alpha value is -1.10. The number of carboxylic acid groups (broad SMARTS) is 1. The maximum atomic E-state index is 11.2. The third kappa shape index (κ3) is 4.23. The van der Waals surface area contributed by atoms with Crippen LogP contribution in [0.3, 0.4) is 0 Å². The second-order valence-corrected chi connectivity index (χ2v) is 3.51. The summed E-state index contributed by atoms with van der Waals surface area (Å²) in [6, 6.07) is 0.